The molecule has 21 heavy (non-hydrogen) atoms. The molecule has 8 heteroatoms. The van der Waals surface area contributed by atoms with Crippen molar-refractivity contribution < 1.29 is 23.9 Å². The third kappa shape index (κ3) is 4.19. The summed E-state index contributed by atoms with van der Waals surface area (Å²) >= 11 is 0.917. The maximum absolute atomic E-state index is 12.1. The van der Waals surface area contributed by atoms with Crippen LogP contribution in [0.25, 0.3) is 0 Å². The second-order valence-electron chi connectivity index (χ2n) is 4.42. The van der Waals surface area contributed by atoms with Gasteiger partial charge < -0.3 is 15.2 Å². The van der Waals surface area contributed by atoms with Crippen LogP contribution in [0.4, 0.5) is 9.80 Å². The molecule has 0 aromatic carbocycles. The Kier molecular flexibility index (Phi) is 5.71. The number of rotatable bonds is 5. The highest BCUT2D eigenvalue weighted by Crippen LogP contribution is 2.33. The van der Waals surface area contributed by atoms with Gasteiger partial charge in [0.2, 0.25) is 0 Å². The van der Waals surface area contributed by atoms with E-state index in [1.165, 1.54) is 0 Å². The second kappa shape index (κ2) is 7.07. The first-order chi connectivity index (χ1) is 9.77. The molecule has 2 amide bonds. The van der Waals surface area contributed by atoms with Crippen LogP contribution in [0.15, 0.2) is 0 Å². The molecule has 0 atom stereocenters. The lowest BCUT2D eigenvalue weighted by atomic mass is 10.1. The molecule has 0 fully saturated rings. The fraction of sp³-hybridized carbons (Fsp3) is 0.462. The van der Waals surface area contributed by atoms with E-state index < -0.39 is 18.0 Å². The third-order valence-electron chi connectivity index (χ3n) is 2.41. The molecule has 0 unspecified atom stereocenters. The topological polar surface area (TPSA) is 108 Å². The van der Waals surface area contributed by atoms with Crippen LogP contribution in [0.5, 0.6) is 0 Å². The van der Waals surface area contributed by atoms with E-state index in [9.17, 15) is 14.4 Å². The molecule has 116 valence electrons. The molecule has 0 spiro atoms. The average Bonchev–Trinajstić information content (AvgIpc) is 2.65. The number of ether oxygens (including phenoxy) is 2. The van der Waals surface area contributed by atoms with E-state index in [1.807, 2.05) is 0 Å². The molecule has 0 aliphatic rings. The zero-order chi connectivity index (χ0) is 16.2. The van der Waals surface area contributed by atoms with Crippen molar-refractivity contribution in [2.24, 2.45) is 5.73 Å². The Morgan fingerprint density at radius 2 is 1.95 bits per heavy atom. The molecular formula is C13H18N2O5S. The Hall–Kier alpha value is -2.09. The van der Waals surface area contributed by atoms with Crippen molar-refractivity contribution in [3.63, 3.8) is 0 Å². The molecule has 1 aromatic heterocycles. The quantitative estimate of drug-likeness (QED) is 0.811. The molecular weight excluding hydrogens is 296 g/mol. The zero-order valence-electron chi connectivity index (χ0n) is 12.3. The van der Waals surface area contributed by atoms with Gasteiger partial charge in [0.05, 0.1) is 23.2 Å². The number of thiophene rings is 1. The van der Waals surface area contributed by atoms with Crippen LogP contribution in [0.2, 0.25) is 0 Å². The van der Waals surface area contributed by atoms with Gasteiger partial charge in [-0.3, -0.25) is 10.1 Å². The van der Waals surface area contributed by atoms with Gasteiger partial charge in [-0.25, -0.2) is 9.59 Å². The maximum atomic E-state index is 12.1. The molecule has 0 saturated carbocycles. The highest BCUT2D eigenvalue weighted by Gasteiger charge is 2.26. The Bertz CT molecular complexity index is 565. The van der Waals surface area contributed by atoms with Crippen molar-refractivity contribution in [2.75, 3.05) is 11.9 Å². The summed E-state index contributed by atoms with van der Waals surface area (Å²) in [6.45, 7) is 6.82. The number of carbonyl (C=O) groups excluding carboxylic acids is 3. The minimum absolute atomic E-state index is 0.121. The SMILES string of the molecule is CCOC(=O)Nc1sc(C(N)=O)c(C)c1C(=O)OC(C)C. The van der Waals surface area contributed by atoms with E-state index in [4.69, 9.17) is 15.2 Å². The largest absolute Gasteiger partial charge is 0.459 e. The number of carbonyl (C=O) groups is 3. The second-order valence-corrected chi connectivity index (χ2v) is 5.44. The predicted octanol–water partition coefficient (Wildman–Crippen LogP) is 2.29. The predicted molar refractivity (Wildman–Crippen MR) is 78.8 cm³/mol. The fourth-order valence-corrected chi connectivity index (χ4v) is 2.65. The van der Waals surface area contributed by atoms with Crippen molar-refractivity contribution in [3.8, 4) is 0 Å². The summed E-state index contributed by atoms with van der Waals surface area (Å²) in [5.74, 6) is -1.30. The van der Waals surface area contributed by atoms with Crippen molar-refractivity contribution in [1.29, 1.82) is 0 Å². The summed E-state index contributed by atoms with van der Waals surface area (Å²) in [5, 5.41) is 2.62. The highest BCUT2D eigenvalue weighted by atomic mass is 32.1. The standard InChI is InChI=1S/C13H18N2O5S/c1-5-19-13(18)15-11-8(12(17)20-6(2)3)7(4)9(21-11)10(14)16/h6H,5H2,1-4H3,(H2,14,16)(H,15,18). The molecule has 0 bridgehead atoms. The molecule has 0 aliphatic heterocycles. The fourth-order valence-electron chi connectivity index (χ4n) is 1.62. The van der Waals surface area contributed by atoms with Crippen LogP contribution in [-0.4, -0.2) is 30.7 Å². The van der Waals surface area contributed by atoms with E-state index in [1.54, 1.807) is 27.7 Å². The minimum atomic E-state index is -0.714. The van der Waals surface area contributed by atoms with Gasteiger partial charge in [0.25, 0.3) is 5.91 Å². The van der Waals surface area contributed by atoms with Crippen LogP contribution < -0.4 is 11.1 Å². The molecule has 0 saturated heterocycles. The van der Waals surface area contributed by atoms with Gasteiger partial charge in [-0.1, -0.05) is 0 Å². The summed E-state index contributed by atoms with van der Waals surface area (Å²) < 4.78 is 9.88. The van der Waals surface area contributed by atoms with E-state index in [2.05, 4.69) is 5.32 Å². The first-order valence-electron chi connectivity index (χ1n) is 6.35. The number of amides is 2. The van der Waals surface area contributed by atoms with E-state index >= 15 is 0 Å². The molecule has 7 nitrogen and oxygen atoms in total. The number of esters is 1. The van der Waals surface area contributed by atoms with Crippen LogP contribution in [0, 0.1) is 6.92 Å². The smallest absolute Gasteiger partial charge is 0.412 e. The average molecular weight is 314 g/mol. The molecule has 0 radical (unpaired) electrons. The maximum Gasteiger partial charge on any atom is 0.412 e. The summed E-state index contributed by atoms with van der Waals surface area (Å²) in [7, 11) is 0. The van der Waals surface area contributed by atoms with E-state index in [0.29, 0.717) is 5.56 Å². The van der Waals surface area contributed by atoms with Gasteiger partial charge in [0.15, 0.2) is 0 Å². The lowest BCUT2D eigenvalue weighted by molar-refractivity contribution is 0.0379. The van der Waals surface area contributed by atoms with Crippen LogP contribution >= 0.6 is 11.3 Å². The van der Waals surface area contributed by atoms with Crippen molar-refractivity contribution >= 4 is 34.3 Å². The number of primary amides is 1. The number of anilines is 1. The monoisotopic (exact) mass is 314 g/mol. The molecule has 1 heterocycles. The lowest BCUT2D eigenvalue weighted by Crippen LogP contribution is -2.17. The number of nitrogens with two attached hydrogens (primary N) is 1. The van der Waals surface area contributed by atoms with Crippen LogP contribution in [0.1, 0.15) is 46.4 Å². The van der Waals surface area contributed by atoms with Gasteiger partial charge in [-0.05, 0) is 33.3 Å². The van der Waals surface area contributed by atoms with Gasteiger partial charge >= 0.3 is 12.1 Å². The Labute approximate surface area is 126 Å². The molecule has 1 aromatic rings. The van der Waals surface area contributed by atoms with Gasteiger partial charge in [0, 0.05) is 0 Å². The van der Waals surface area contributed by atoms with Crippen molar-refractivity contribution in [2.45, 2.75) is 33.8 Å². The number of hydrogen-bond acceptors (Lipinski definition) is 6. The third-order valence-corrected chi connectivity index (χ3v) is 3.63. The van der Waals surface area contributed by atoms with Crippen molar-refractivity contribution in [3.05, 3.63) is 16.0 Å². The Morgan fingerprint density at radius 3 is 2.43 bits per heavy atom. The minimum Gasteiger partial charge on any atom is -0.459 e. The summed E-state index contributed by atoms with van der Waals surface area (Å²) in [4.78, 5) is 35.2. The van der Waals surface area contributed by atoms with E-state index in [0.717, 1.165) is 11.3 Å². The number of hydrogen-bond donors (Lipinski definition) is 2. The zero-order valence-corrected chi connectivity index (χ0v) is 13.1. The normalized spacial score (nSPS) is 10.3. The van der Waals surface area contributed by atoms with Crippen LogP contribution in [-0.2, 0) is 9.47 Å². The van der Waals surface area contributed by atoms with E-state index in [-0.39, 0.29) is 28.2 Å². The Morgan fingerprint density at radius 1 is 1.33 bits per heavy atom. The first-order valence-corrected chi connectivity index (χ1v) is 7.17. The van der Waals surface area contributed by atoms with Crippen LogP contribution in [0.3, 0.4) is 0 Å². The Balaban J connectivity index is 3.21. The van der Waals surface area contributed by atoms with Gasteiger partial charge in [-0.15, -0.1) is 11.3 Å². The molecule has 1 rings (SSSR count). The molecule has 3 N–H and O–H groups in total. The number of nitrogens with one attached hydrogen (secondary N) is 1. The lowest BCUT2D eigenvalue weighted by Gasteiger charge is -2.10. The van der Waals surface area contributed by atoms with Crippen molar-refractivity contribution in [1.82, 2.24) is 0 Å². The summed E-state index contributed by atoms with van der Waals surface area (Å²) in [5.41, 5.74) is 5.76. The molecule has 0 aliphatic carbocycles. The van der Waals surface area contributed by atoms with Gasteiger partial charge in [0.1, 0.15) is 5.00 Å². The summed E-state index contributed by atoms with van der Waals surface area (Å²) in [6, 6.07) is 0. The first kappa shape index (κ1) is 17.0. The highest BCUT2D eigenvalue weighted by molar-refractivity contribution is 7.18. The van der Waals surface area contributed by atoms with Gasteiger partial charge in [-0.2, -0.15) is 0 Å². The summed E-state index contributed by atoms with van der Waals surface area (Å²) in [6.07, 6.45) is -1.04.